The normalized spacial score (nSPS) is 21.0. The van der Waals surface area contributed by atoms with Crippen molar-refractivity contribution in [2.24, 2.45) is 5.73 Å². The van der Waals surface area contributed by atoms with E-state index >= 15 is 0 Å². The molecule has 0 aliphatic carbocycles. The lowest BCUT2D eigenvalue weighted by atomic mass is 10.0. The van der Waals surface area contributed by atoms with Gasteiger partial charge in [-0.1, -0.05) is 12.1 Å². The maximum atomic E-state index is 12.8. The third-order valence-electron chi connectivity index (χ3n) is 6.09. The molecule has 9 heteroatoms. The summed E-state index contributed by atoms with van der Waals surface area (Å²) in [4.78, 5) is 44.9. The average molecular weight is 408 g/mol. The Labute approximate surface area is 173 Å². The van der Waals surface area contributed by atoms with Crippen molar-refractivity contribution in [3.05, 3.63) is 46.8 Å². The zero-order valence-corrected chi connectivity index (χ0v) is 16.6. The lowest BCUT2D eigenvalue weighted by molar-refractivity contribution is -0.136. The van der Waals surface area contributed by atoms with E-state index in [1.807, 2.05) is 24.4 Å². The number of carbonyl (C=O) groups excluding carboxylic acids is 3. The second kappa shape index (κ2) is 7.24. The molecular formula is C21H24N6O3. The maximum Gasteiger partial charge on any atom is 0.255 e. The molecule has 30 heavy (non-hydrogen) atoms. The molecule has 0 bridgehead atoms. The number of hydrogen-bond donors (Lipinski definition) is 2. The zero-order valence-electron chi connectivity index (χ0n) is 16.6. The largest absolute Gasteiger partial charge is 0.338 e. The minimum atomic E-state index is -0.588. The van der Waals surface area contributed by atoms with Crippen LogP contribution in [0, 0.1) is 0 Å². The summed E-state index contributed by atoms with van der Waals surface area (Å²) in [6.45, 7) is 3.37. The highest BCUT2D eigenvalue weighted by molar-refractivity contribution is 6.05. The minimum Gasteiger partial charge on any atom is -0.338 e. The summed E-state index contributed by atoms with van der Waals surface area (Å²) < 4.78 is 2.15. The summed E-state index contributed by atoms with van der Waals surface area (Å²) in [6.07, 6.45) is 3.69. The van der Waals surface area contributed by atoms with Gasteiger partial charge in [-0.3, -0.25) is 19.7 Å². The van der Waals surface area contributed by atoms with Gasteiger partial charge in [-0.25, -0.2) is 4.98 Å². The number of nitrogens with zero attached hydrogens (tertiary/aromatic N) is 4. The van der Waals surface area contributed by atoms with E-state index in [4.69, 9.17) is 5.73 Å². The SMILES string of the molecule is NCc1cn2c(n1)N(Cc1ccc3c(c1)CN(C1CCC(=O)NC1=O)C3=O)CCC2. The van der Waals surface area contributed by atoms with E-state index in [9.17, 15) is 14.4 Å². The van der Waals surface area contributed by atoms with Crippen molar-refractivity contribution in [1.29, 1.82) is 0 Å². The standard InChI is InChI=1S/C21H24N6O3/c22-9-15-12-26-7-1-6-25(21(26)23-15)10-13-2-3-16-14(8-13)11-27(20(16)30)17-4-5-18(28)24-19(17)29/h2-3,8,12,17H,1,4-7,9-11,22H2,(H,24,28,29). The van der Waals surface area contributed by atoms with Gasteiger partial charge in [0.1, 0.15) is 6.04 Å². The fraction of sp³-hybridized carbons (Fsp3) is 0.429. The Balaban J connectivity index is 1.35. The molecule has 2 aromatic rings. The van der Waals surface area contributed by atoms with Crippen LogP contribution < -0.4 is 16.0 Å². The highest BCUT2D eigenvalue weighted by Gasteiger charge is 2.39. The van der Waals surface area contributed by atoms with Gasteiger partial charge in [0.2, 0.25) is 17.8 Å². The van der Waals surface area contributed by atoms with Gasteiger partial charge >= 0.3 is 0 Å². The summed E-state index contributed by atoms with van der Waals surface area (Å²) in [5, 5.41) is 2.34. The number of carbonyl (C=O) groups is 3. The number of benzene rings is 1. The first-order valence-corrected chi connectivity index (χ1v) is 10.3. The van der Waals surface area contributed by atoms with Crippen LogP contribution in [0.2, 0.25) is 0 Å². The summed E-state index contributed by atoms with van der Waals surface area (Å²) in [7, 11) is 0. The monoisotopic (exact) mass is 408 g/mol. The van der Waals surface area contributed by atoms with E-state index in [2.05, 4.69) is 19.8 Å². The average Bonchev–Trinajstić information content (AvgIpc) is 3.30. The number of nitrogens with two attached hydrogens (primary N) is 1. The fourth-order valence-electron chi connectivity index (χ4n) is 4.60. The van der Waals surface area contributed by atoms with Crippen LogP contribution in [0.15, 0.2) is 24.4 Å². The number of rotatable bonds is 4. The van der Waals surface area contributed by atoms with Crippen LogP contribution in [0.25, 0.3) is 0 Å². The number of nitrogens with one attached hydrogen (secondary N) is 1. The molecule has 0 spiro atoms. The second-order valence-electron chi connectivity index (χ2n) is 8.10. The molecule has 0 saturated carbocycles. The molecule has 1 saturated heterocycles. The first-order valence-electron chi connectivity index (χ1n) is 10.3. The van der Waals surface area contributed by atoms with Crippen LogP contribution in [0.5, 0.6) is 0 Å². The van der Waals surface area contributed by atoms with Crippen molar-refractivity contribution in [1.82, 2.24) is 19.8 Å². The molecule has 1 unspecified atom stereocenters. The number of aryl methyl sites for hydroxylation is 1. The summed E-state index contributed by atoms with van der Waals surface area (Å²) in [6, 6.07) is 5.28. The van der Waals surface area contributed by atoms with Crippen molar-refractivity contribution in [2.75, 3.05) is 11.4 Å². The summed E-state index contributed by atoms with van der Waals surface area (Å²) >= 11 is 0. The molecule has 3 aliphatic rings. The molecule has 4 heterocycles. The highest BCUT2D eigenvalue weighted by atomic mass is 16.2. The number of amides is 3. The fourth-order valence-corrected chi connectivity index (χ4v) is 4.60. The second-order valence-corrected chi connectivity index (χ2v) is 8.10. The van der Waals surface area contributed by atoms with Gasteiger partial charge in [0, 0.05) is 50.9 Å². The van der Waals surface area contributed by atoms with Gasteiger partial charge < -0.3 is 20.1 Å². The van der Waals surface area contributed by atoms with Crippen LogP contribution in [-0.2, 0) is 35.8 Å². The predicted molar refractivity (Wildman–Crippen MR) is 108 cm³/mol. The van der Waals surface area contributed by atoms with Crippen LogP contribution in [0.3, 0.4) is 0 Å². The molecule has 1 aromatic heterocycles. The number of piperidine rings is 1. The Morgan fingerprint density at radius 2 is 2.07 bits per heavy atom. The Morgan fingerprint density at radius 3 is 2.87 bits per heavy atom. The summed E-state index contributed by atoms with van der Waals surface area (Å²) in [5.74, 6) is 0.125. The Bertz CT molecular complexity index is 1050. The maximum absolute atomic E-state index is 12.8. The first kappa shape index (κ1) is 18.8. The minimum absolute atomic E-state index is 0.146. The van der Waals surface area contributed by atoms with E-state index in [0.29, 0.717) is 31.6 Å². The number of anilines is 1. The molecule has 3 amide bonds. The lowest BCUT2D eigenvalue weighted by Crippen LogP contribution is -2.52. The summed E-state index contributed by atoms with van der Waals surface area (Å²) in [5.41, 5.74) is 9.28. The molecule has 1 fully saturated rings. The molecule has 156 valence electrons. The smallest absolute Gasteiger partial charge is 0.255 e. The van der Waals surface area contributed by atoms with Gasteiger partial charge in [0.25, 0.3) is 5.91 Å². The number of imidazole rings is 1. The van der Waals surface area contributed by atoms with Gasteiger partial charge in [-0.2, -0.15) is 0 Å². The van der Waals surface area contributed by atoms with Crippen LogP contribution >= 0.6 is 0 Å². The molecule has 3 N–H and O–H groups in total. The molecule has 9 nitrogen and oxygen atoms in total. The van der Waals surface area contributed by atoms with Crippen molar-refractivity contribution >= 4 is 23.7 Å². The van der Waals surface area contributed by atoms with Crippen molar-refractivity contribution in [3.8, 4) is 0 Å². The van der Waals surface area contributed by atoms with Gasteiger partial charge in [0.05, 0.1) is 5.69 Å². The Hall–Kier alpha value is -3.20. The van der Waals surface area contributed by atoms with E-state index < -0.39 is 6.04 Å². The first-order chi connectivity index (χ1) is 14.5. The lowest BCUT2D eigenvalue weighted by Gasteiger charge is -2.29. The van der Waals surface area contributed by atoms with E-state index in [0.717, 1.165) is 42.3 Å². The van der Waals surface area contributed by atoms with Crippen molar-refractivity contribution in [3.63, 3.8) is 0 Å². The molecule has 0 radical (unpaired) electrons. The zero-order chi connectivity index (χ0) is 20.8. The molecular weight excluding hydrogens is 384 g/mol. The Morgan fingerprint density at radius 1 is 1.20 bits per heavy atom. The van der Waals surface area contributed by atoms with E-state index in [1.54, 1.807) is 4.90 Å². The van der Waals surface area contributed by atoms with Crippen LogP contribution in [0.4, 0.5) is 5.95 Å². The third kappa shape index (κ3) is 3.15. The quantitative estimate of drug-likeness (QED) is 0.713. The van der Waals surface area contributed by atoms with Crippen molar-refractivity contribution in [2.45, 2.75) is 51.5 Å². The van der Waals surface area contributed by atoms with Gasteiger partial charge in [0.15, 0.2) is 0 Å². The topological polar surface area (TPSA) is 114 Å². The number of fused-ring (bicyclic) bond motifs is 2. The molecule has 1 atom stereocenters. The van der Waals surface area contributed by atoms with E-state index in [1.165, 1.54) is 0 Å². The number of aromatic nitrogens is 2. The molecule has 1 aromatic carbocycles. The van der Waals surface area contributed by atoms with Crippen molar-refractivity contribution < 1.29 is 14.4 Å². The van der Waals surface area contributed by atoms with Crippen LogP contribution in [0.1, 0.15) is 46.4 Å². The number of imide groups is 1. The molecule has 5 rings (SSSR count). The Kier molecular flexibility index (Phi) is 4.54. The van der Waals surface area contributed by atoms with Gasteiger partial charge in [-0.15, -0.1) is 0 Å². The highest BCUT2D eigenvalue weighted by Crippen LogP contribution is 2.29. The van der Waals surface area contributed by atoms with Crippen LogP contribution in [-0.4, -0.2) is 44.8 Å². The van der Waals surface area contributed by atoms with E-state index in [-0.39, 0.29) is 24.1 Å². The van der Waals surface area contributed by atoms with Gasteiger partial charge in [-0.05, 0) is 30.0 Å². The number of hydrogen-bond acceptors (Lipinski definition) is 6. The predicted octanol–water partition coefficient (Wildman–Crippen LogP) is 0.513. The molecule has 3 aliphatic heterocycles. The third-order valence-corrected chi connectivity index (χ3v) is 6.09.